The van der Waals surface area contributed by atoms with Crippen LogP contribution in [0.1, 0.15) is 17.3 Å². The van der Waals surface area contributed by atoms with Crippen molar-refractivity contribution in [1.82, 2.24) is 9.78 Å². The van der Waals surface area contributed by atoms with Gasteiger partial charge in [0.1, 0.15) is 5.82 Å². The summed E-state index contributed by atoms with van der Waals surface area (Å²) in [4.78, 5) is 11.7. The molecule has 2 aromatic rings. The van der Waals surface area contributed by atoms with E-state index in [-0.39, 0.29) is 23.5 Å². The van der Waals surface area contributed by atoms with Gasteiger partial charge in [0.05, 0.1) is 29.6 Å². The number of benzene rings is 1. The SMILES string of the molecule is CCOC(=O)c1cnn(-c2cccc(F)c2)c1B(O)O. The highest BCUT2D eigenvalue weighted by Gasteiger charge is 2.28. The minimum absolute atomic E-state index is 0.0777. The van der Waals surface area contributed by atoms with Crippen LogP contribution in [0.3, 0.4) is 0 Å². The third-order valence-corrected chi connectivity index (χ3v) is 2.60. The molecule has 20 heavy (non-hydrogen) atoms. The highest BCUT2D eigenvalue weighted by Crippen LogP contribution is 2.10. The van der Waals surface area contributed by atoms with Crippen molar-refractivity contribution in [2.45, 2.75) is 6.92 Å². The average molecular weight is 278 g/mol. The van der Waals surface area contributed by atoms with Crippen LogP contribution in [0.5, 0.6) is 0 Å². The average Bonchev–Trinajstić information content (AvgIpc) is 2.83. The Morgan fingerprint density at radius 3 is 2.85 bits per heavy atom. The molecule has 6 nitrogen and oxygen atoms in total. The third-order valence-electron chi connectivity index (χ3n) is 2.60. The van der Waals surface area contributed by atoms with Crippen molar-refractivity contribution < 1.29 is 24.0 Å². The van der Waals surface area contributed by atoms with Crippen molar-refractivity contribution in [3.8, 4) is 5.69 Å². The van der Waals surface area contributed by atoms with Gasteiger partial charge in [-0.25, -0.2) is 13.9 Å². The molecule has 0 aliphatic carbocycles. The predicted octanol–water partition coefficient (Wildman–Crippen LogP) is -0.132. The second kappa shape index (κ2) is 5.85. The zero-order chi connectivity index (χ0) is 14.7. The highest BCUT2D eigenvalue weighted by molar-refractivity contribution is 6.59. The molecular formula is C12H12BFN2O4. The first kappa shape index (κ1) is 14.2. The van der Waals surface area contributed by atoms with E-state index in [0.717, 1.165) is 16.9 Å². The summed E-state index contributed by atoms with van der Waals surface area (Å²) < 4.78 is 19.1. The molecule has 104 valence electrons. The van der Waals surface area contributed by atoms with Gasteiger partial charge in [0, 0.05) is 0 Å². The zero-order valence-electron chi connectivity index (χ0n) is 10.7. The lowest BCUT2D eigenvalue weighted by molar-refractivity contribution is 0.0527. The zero-order valence-corrected chi connectivity index (χ0v) is 10.7. The van der Waals surface area contributed by atoms with Crippen molar-refractivity contribution in [1.29, 1.82) is 0 Å². The van der Waals surface area contributed by atoms with Crippen molar-refractivity contribution in [2.75, 3.05) is 6.61 Å². The second-order valence-electron chi connectivity index (χ2n) is 3.93. The van der Waals surface area contributed by atoms with Crippen molar-refractivity contribution >= 4 is 18.7 Å². The van der Waals surface area contributed by atoms with Gasteiger partial charge in [-0.2, -0.15) is 5.10 Å². The Bertz CT molecular complexity index is 630. The number of rotatable bonds is 4. The quantitative estimate of drug-likeness (QED) is 0.601. The van der Waals surface area contributed by atoms with Crippen LogP contribution in [0.25, 0.3) is 5.69 Å². The molecule has 0 aliphatic rings. The third kappa shape index (κ3) is 2.71. The molecule has 1 heterocycles. The molecule has 0 bridgehead atoms. The molecule has 8 heteroatoms. The first-order valence-electron chi connectivity index (χ1n) is 5.91. The Labute approximate surface area is 114 Å². The normalized spacial score (nSPS) is 10.4. The van der Waals surface area contributed by atoms with Crippen LogP contribution in [0.2, 0.25) is 0 Å². The van der Waals surface area contributed by atoms with Gasteiger partial charge < -0.3 is 14.8 Å². The maximum atomic E-state index is 13.2. The van der Waals surface area contributed by atoms with E-state index in [1.807, 2.05) is 0 Å². The lowest BCUT2D eigenvalue weighted by atomic mass is 9.82. The minimum atomic E-state index is -1.94. The molecule has 2 N–H and O–H groups in total. The van der Waals surface area contributed by atoms with Gasteiger partial charge in [0.25, 0.3) is 0 Å². The number of esters is 1. The lowest BCUT2D eigenvalue weighted by Crippen LogP contribution is -2.40. The molecule has 0 aliphatic heterocycles. The van der Waals surface area contributed by atoms with Gasteiger partial charge in [-0.05, 0) is 25.1 Å². The summed E-state index contributed by atoms with van der Waals surface area (Å²) in [6, 6.07) is 5.38. The lowest BCUT2D eigenvalue weighted by Gasteiger charge is -2.08. The first-order chi connectivity index (χ1) is 9.54. The van der Waals surface area contributed by atoms with Crippen LogP contribution >= 0.6 is 0 Å². The fourth-order valence-corrected chi connectivity index (χ4v) is 1.79. The van der Waals surface area contributed by atoms with Crippen LogP contribution in [0.4, 0.5) is 4.39 Å². The molecule has 0 atom stereocenters. The van der Waals surface area contributed by atoms with E-state index in [0.29, 0.717) is 0 Å². The van der Waals surface area contributed by atoms with Gasteiger partial charge in [-0.15, -0.1) is 0 Å². The second-order valence-corrected chi connectivity index (χ2v) is 3.93. The molecule has 0 spiro atoms. The molecule has 0 radical (unpaired) electrons. The number of hydrogen-bond acceptors (Lipinski definition) is 5. The minimum Gasteiger partial charge on any atom is -0.462 e. The first-order valence-corrected chi connectivity index (χ1v) is 5.91. The summed E-state index contributed by atoms with van der Waals surface area (Å²) in [5.41, 5.74) is 0.0174. The monoisotopic (exact) mass is 278 g/mol. The van der Waals surface area contributed by atoms with Gasteiger partial charge in [0.2, 0.25) is 0 Å². The highest BCUT2D eigenvalue weighted by atomic mass is 19.1. The van der Waals surface area contributed by atoms with Crippen LogP contribution < -0.4 is 5.59 Å². The van der Waals surface area contributed by atoms with Crippen molar-refractivity contribution in [2.24, 2.45) is 0 Å². The van der Waals surface area contributed by atoms with Crippen LogP contribution in [-0.2, 0) is 4.74 Å². The van der Waals surface area contributed by atoms with E-state index in [9.17, 15) is 19.2 Å². The maximum absolute atomic E-state index is 13.2. The Morgan fingerprint density at radius 2 is 2.25 bits per heavy atom. The standard InChI is InChI=1S/C12H12BFN2O4/c1-2-20-12(17)10-7-15-16(11(10)13(18)19)9-5-3-4-8(14)6-9/h3-7,18-19H,2H2,1H3. The fraction of sp³-hybridized carbons (Fsp3) is 0.167. The Balaban J connectivity index is 2.52. The van der Waals surface area contributed by atoms with Crippen LogP contribution in [-0.4, -0.2) is 39.5 Å². The summed E-state index contributed by atoms with van der Waals surface area (Å²) in [5.74, 6) is -1.23. The number of nitrogens with zero attached hydrogens (tertiary/aromatic N) is 2. The summed E-state index contributed by atoms with van der Waals surface area (Å²) in [6.45, 7) is 1.77. The molecule has 0 saturated carbocycles. The van der Waals surface area contributed by atoms with Gasteiger partial charge in [-0.1, -0.05) is 6.07 Å². The van der Waals surface area contributed by atoms with E-state index < -0.39 is 18.9 Å². The van der Waals surface area contributed by atoms with Crippen LogP contribution in [0.15, 0.2) is 30.5 Å². The number of carbonyl (C=O) groups is 1. The number of aromatic nitrogens is 2. The van der Waals surface area contributed by atoms with Crippen molar-refractivity contribution in [3.63, 3.8) is 0 Å². The molecule has 2 rings (SSSR count). The van der Waals surface area contributed by atoms with E-state index in [4.69, 9.17) is 4.74 Å². The molecule has 0 fully saturated rings. The van der Waals surface area contributed by atoms with Gasteiger partial charge in [0.15, 0.2) is 0 Å². The summed E-state index contributed by atoms with van der Waals surface area (Å²) in [5, 5.41) is 22.7. The molecule has 1 aromatic heterocycles. The van der Waals surface area contributed by atoms with E-state index in [1.54, 1.807) is 6.92 Å². The Morgan fingerprint density at radius 1 is 1.50 bits per heavy atom. The smallest absolute Gasteiger partial charge is 0.462 e. The molecule has 0 saturated heterocycles. The summed E-state index contributed by atoms with van der Waals surface area (Å²) in [6.07, 6.45) is 1.15. The fourth-order valence-electron chi connectivity index (χ4n) is 1.79. The molecular weight excluding hydrogens is 266 g/mol. The number of halogens is 1. The summed E-state index contributed by atoms with van der Waals surface area (Å²) >= 11 is 0. The maximum Gasteiger partial charge on any atom is 0.509 e. The summed E-state index contributed by atoms with van der Waals surface area (Å²) in [7, 11) is -1.94. The van der Waals surface area contributed by atoms with Gasteiger partial charge >= 0.3 is 13.1 Å². The van der Waals surface area contributed by atoms with Gasteiger partial charge in [-0.3, -0.25) is 0 Å². The van der Waals surface area contributed by atoms with E-state index in [2.05, 4.69) is 5.10 Å². The molecule has 0 amide bonds. The Kier molecular flexibility index (Phi) is 4.16. The number of carbonyl (C=O) groups excluding carboxylic acids is 1. The Hall–Kier alpha value is -2.19. The van der Waals surface area contributed by atoms with E-state index in [1.165, 1.54) is 18.2 Å². The number of hydrogen-bond donors (Lipinski definition) is 2. The number of ether oxygens (including phenoxy) is 1. The van der Waals surface area contributed by atoms with E-state index >= 15 is 0 Å². The molecule has 1 aromatic carbocycles. The largest absolute Gasteiger partial charge is 0.509 e. The molecule has 0 unspecified atom stereocenters. The topological polar surface area (TPSA) is 84.6 Å². The van der Waals surface area contributed by atoms with Crippen molar-refractivity contribution in [3.05, 3.63) is 41.8 Å². The predicted molar refractivity (Wildman–Crippen MR) is 69.3 cm³/mol. The van der Waals surface area contributed by atoms with Crippen LogP contribution in [0, 0.1) is 5.82 Å².